The smallest absolute Gasteiger partial charge is 0.493 e. The Kier molecular flexibility index (Phi) is 7.69. The van der Waals surface area contributed by atoms with E-state index >= 15 is 0 Å². The van der Waals surface area contributed by atoms with Gasteiger partial charge in [0.1, 0.15) is 22.9 Å². The molecule has 202 valence electrons. The molecule has 0 aromatic heterocycles. The molecule has 0 spiro atoms. The number of rotatable bonds is 7. The van der Waals surface area contributed by atoms with Crippen LogP contribution in [0.3, 0.4) is 0 Å². The van der Waals surface area contributed by atoms with E-state index in [-0.39, 0.29) is 11.8 Å². The maximum Gasteiger partial charge on any atom is 0.573 e. The number of benzene rings is 3. The summed E-state index contributed by atoms with van der Waals surface area (Å²) in [6.07, 6.45) is -10.3. The zero-order valence-corrected chi connectivity index (χ0v) is 18.8. The first-order chi connectivity index (χ1) is 17.6. The third kappa shape index (κ3) is 6.41. The molecule has 2 amide bonds. The average Bonchev–Trinajstić information content (AvgIpc) is 2.78. The van der Waals surface area contributed by atoms with Gasteiger partial charge in [0.25, 0.3) is 11.8 Å². The summed E-state index contributed by atoms with van der Waals surface area (Å²) in [6.45, 7) is 0. The number of carbonyl (C=O) groups excluding carboxylic acids is 2. The number of primary amides is 1. The first-order valence-electron chi connectivity index (χ1n) is 10.0. The van der Waals surface area contributed by atoms with Crippen molar-refractivity contribution in [3.05, 3.63) is 76.9 Å². The molecule has 0 saturated carbocycles. The van der Waals surface area contributed by atoms with Gasteiger partial charge < -0.3 is 25.3 Å². The SMILES string of the molecule is COc1cc(OC(F)(F)F)ccc1Oc1ccc(C(F)(F)F)c(F)c1C(=O)Nc1ccc(C(N)=O)c(F)c1. The second-order valence-electron chi connectivity index (χ2n) is 7.27. The van der Waals surface area contributed by atoms with Crippen molar-refractivity contribution in [3.8, 4) is 23.0 Å². The minimum Gasteiger partial charge on any atom is -0.493 e. The van der Waals surface area contributed by atoms with Crippen LogP contribution >= 0.6 is 0 Å². The van der Waals surface area contributed by atoms with Gasteiger partial charge in [0, 0.05) is 11.8 Å². The summed E-state index contributed by atoms with van der Waals surface area (Å²) in [5.74, 6) is -8.27. The second-order valence-corrected chi connectivity index (χ2v) is 7.27. The Morgan fingerprint density at radius 2 is 1.53 bits per heavy atom. The van der Waals surface area contributed by atoms with Gasteiger partial charge in [0.05, 0.1) is 18.2 Å². The zero-order valence-electron chi connectivity index (χ0n) is 18.8. The Morgan fingerprint density at radius 1 is 0.868 bits per heavy atom. The highest BCUT2D eigenvalue weighted by molar-refractivity contribution is 6.07. The van der Waals surface area contributed by atoms with Gasteiger partial charge in [-0.1, -0.05) is 0 Å². The Hall–Kier alpha value is -4.56. The molecule has 7 nitrogen and oxygen atoms in total. The molecule has 3 aromatic carbocycles. The molecule has 0 unspecified atom stereocenters. The maximum absolute atomic E-state index is 15.0. The van der Waals surface area contributed by atoms with Crippen LogP contribution in [-0.2, 0) is 6.18 Å². The van der Waals surface area contributed by atoms with E-state index in [0.29, 0.717) is 12.1 Å². The van der Waals surface area contributed by atoms with Crippen LogP contribution in [0.15, 0.2) is 48.5 Å². The third-order valence-electron chi connectivity index (χ3n) is 4.72. The molecule has 0 heterocycles. The zero-order chi connectivity index (χ0) is 28.4. The van der Waals surface area contributed by atoms with Crippen LogP contribution < -0.4 is 25.3 Å². The number of alkyl halides is 6. The van der Waals surface area contributed by atoms with Crippen LogP contribution in [0.5, 0.6) is 23.0 Å². The summed E-state index contributed by atoms with van der Waals surface area (Å²) < 4.78 is 120. The summed E-state index contributed by atoms with van der Waals surface area (Å²) >= 11 is 0. The largest absolute Gasteiger partial charge is 0.573 e. The average molecular weight is 550 g/mol. The lowest BCUT2D eigenvalue weighted by Crippen LogP contribution is -2.19. The fourth-order valence-corrected chi connectivity index (χ4v) is 3.11. The summed E-state index contributed by atoms with van der Waals surface area (Å²) in [5, 5.41) is 1.98. The van der Waals surface area contributed by atoms with Crippen LogP contribution in [0, 0.1) is 11.6 Å². The Labute approximate surface area is 207 Å². The topological polar surface area (TPSA) is 99.9 Å². The fourth-order valence-electron chi connectivity index (χ4n) is 3.11. The van der Waals surface area contributed by atoms with Crippen molar-refractivity contribution in [2.45, 2.75) is 12.5 Å². The van der Waals surface area contributed by atoms with E-state index in [0.717, 1.165) is 37.4 Å². The van der Waals surface area contributed by atoms with Gasteiger partial charge in [0.2, 0.25) is 0 Å². The van der Waals surface area contributed by atoms with Crippen LogP contribution in [0.1, 0.15) is 26.3 Å². The van der Waals surface area contributed by atoms with E-state index < -0.39 is 75.7 Å². The summed E-state index contributed by atoms with van der Waals surface area (Å²) in [4.78, 5) is 24.0. The molecule has 0 saturated heterocycles. The normalized spacial score (nSPS) is 11.6. The number of methoxy groups -OCH3 is 1. The van der Waals surface area contributed by atoms with Gasteiger partial charge in [-0.3, -0.25) is 9.59 Å². The minimum absolute atomic E-state index is 0.274. The van der Waals surface area contributed by atoms with Gasteiger partial charge in [0.15, 0.2) is 17.3 Å². The van der Waals surface area contributed by atoms with Crippen LogP contribution in [0.4, 0.5) is 40.8 Å². The number of carbonyl (C=O) groups is 2. The van der Waals surface area contributed by atoms with Gasteiger partial charge in [-0.25, -0.2) is 8.78 Å². The molecule has 0 aliphatic heterocycles. The molecular weight excluding hydrogens is 536 g/mol. The lowest BCUT2D eigenvalue weighted by molar-refractivity contribution is -0.274. The fraction of sp³-hybridized carbons (Fsp3) is 0.130. The third-order valence-corrected chi connectivity index (χ3v) is 4.72. The standard InChI is InChI=1S/C23H14F8N2O5/c1-36-17-9-11(38-23(29,30)31)3-6-15(17)37-16-7-5-13(22(26,27)28)19(25)18(16)21(35)33-10-2-4-12(20(32)34)14(24)8-10/h2-9H,1H3,(H2,32,34)(H,33,35). The quantitative estimate of drug-likeness (QED) is 0.350. The number of ether oxygens (including phenoxy) is 3. The van der Waals surface area contributed by atoms with E-state index in [1.807, 2.05) is 5.32 Å². The molecule has 0 fully saturated rings. The second kappa shape index (κ2) is 10.4. The predicted molar refractivity (Wildman–Crippen MR) is 114 cm³/mol. The van der Waals surface area contributed by atoms with Crippen molar-refractivity contribution >= 4 is 17.5 Å². The van der Waals surface area contributed by atoms with Crippen molar-refractivity contribution in [1.82, 2.24) is 0 Å². The van der Waals surface area contributed by atoms with Crippen molar-refractivity contribution in [2.75, 3.05) is 12.4 Å². The highest BCUT2D eigenvalue weighted by Gasteiger charge is 2.38. The van der Waals surface area contributed by atoms with Crippen molar-refractivity contribution in [3.63, 3.8) is 0 Å². The van der Waals surface area contributed by atoms with Crippen LogP contribution in [-0.4, -0.2) is 25.3 Å². The molecule has 15 heteroatoms. The molecule has 0 radical (unpaired) electrons. The minimum atomic E-state index is -5.23. The number of nitrogens with one attached hydrogen (secondary N) is 1. The molecule has 38 heavy (non-hydrogen) atoms. The van der Waals surface area contributed by atoms with Crippen molar-refractivity contribution in [1.29, 1.82) is 0 Å². The number of hydrogen-bond donors (Lipinski definition) is 2. The number of anilines is 1. The molecule has 0 aliphatic carbocycles. The highest BCUT2D eigenvalue weighted by Crippen LogP contribution is 2.40. The lowest BCUT2D eigenvalue weighted by atomic mass is 10.1. The van der Waals surface area contributed by atoms with Crippen LogP contribution in [0.25, 0.3) is 0 Å². The Bertz CT molecular complexity index is 1390. The van der Waals surface area contributed by atoms with Crippen molar-refractivity contribution in [2.24, 2.45) is 5.73 Å². The van der Waals surface area contributed by atoms with E-state index in [9.17, 15) is 44.7 Å². The first-order valence-corrected chi connectivity index (χ1v) is 10.0. The molecular formula is C23H14F8N2O5. The molecule has 3 N–H and O–H groups in total. The highest BCUT2D eigenvalue weighted by atomic mass is 19.4. The van der Waals surface area contributed by atoms with E-state index in [1.54, 1.807) is 0 Å². The number of halogens is 8. The summed E-state index contributed by atoms with van der Waals surface area (Å²) in [7, 11) is 1.02. The van der Waals surface area contributed by atoms with Gasteiger partial charge in [-0.05, 0) is 42.5 Å². The summed E-state index contributed by atoms with van der Waals surface area (Å²) in [5.41, 5.74) is 0.919. The van der Waals surface area contributed by atoms with Gasteiger partial charge in [-0.15, -0.1) is 13.2 Å². The van der Waals surface area contributed by atoms with Gasteiger partial charge >= 0.3 is 12.5 Å². The number of nitrogens with two attached hydrogens (primary N) is 1. The molecule has 3 rings (SSSR count). The van der Waals surface area contributed by atoms with E-state index in [1.165, 1.54) is 0 Å². The molecule has 0 bridgehead atoms. The lowest BCUT2D eigenvalue weighted by Gasteiger charge is -2.18. The van der Waals surface area contributed by atoms with E-state index in [2.05, 4.69) is 4.74 Å². The molecule has 0 atom stereocenters. The maximum atomic E-state index is 15.0. The monoisotopic (exact) mass is 550 g/mol. The Balaban J connectivity index is 2.05. The predicted octanol–water partition coefficient (Wildman–Crippen LogP) is 6.03. The van der Waals surface area contributed by atoms with Gasteiger partial charge in [-0.2, -0.15) is 13.2 Å². The molecule has 3 aromatic rings. The van der Waals surface area contributed by atoms with Crippen LogP contribution in [0.2, 0.25) is 0 Å². The van der Waals surface area contributed by atoms with Crippen molar-refractivity contribution < 1.29 is 58.9 Å². The number of hydrogen-bond acceptors (Lipinski definition) is 5. The number of amides is 2. The van der Waals surface area contributed by atoms with E-state index in [4.69, 9.17) is 15.2 Å². The Morgan fingerprint density at radius 3 is 2.08 bits per heavy atom. The first kappa shape index (κ1) is 28.0. The summed E-state index contributed by atoms with van der Waals surface area (Å²) in [6, 6.07) is 5.72. The molecule has 0 aliphatic rings.